The summed E-state index contributed by atoms with van der Waals surface area (Å²) in [5.74, 6) is 0.0649. The highest BCUT2D eigenvalue weighted by atomic mass is 35.5. The number of hydrogen-bond donors (Lipinski definition) is 2. The van der Waals surface area contributed by atoms with Gasteiger partial charge in [-0.1, -0.05) is 25.4 Å². The van der Waals surface area contributed by atoms with E-state index in [-0.39, 0.29) is 34.4 Å². The summed E-state index contributed by atoms with van der Waals surface area (Å²) in [5, 5.41) is 5.82. The molecule has 0 saturated carbocycles. The summed E-state index contributed by atoms with van der Waals surface area (Å²) in [7, 11) is 0. The summed E-state index contributed by atoms with van der Waals surface area (Å²) < 4.78 is 25.6. The maximum absolute atomic E-state index is 12.8. The van der Waals surface area contributed by atoms with Gasteiger partial charge in [-0.3, -0.25) is 9.59 Å². The average Bonchev–Trinajstić information content (AvgIpc) is 3.15. The molecule has 3 heterocycles. The highest BCUT2D eigenvalue weighted by molar-refractivity contribution is 6.33. The molecule has 0 spiro atoms. The number of nitrogens with one attached hydrogen (secondary N) is 2. The van der Waals surface area contributed by atoms with Crippen LogP contribution in [0.15, 0.2) is 24.4 Å². The number of amides is 2. The fraction of sp³-hybridized carbons (Fsp3) is 0.429. The number of halogens is 3. The third-order valence-corrected chi connectivity index (χ3v) is 5.19. The number of hydrogen-bond acceptors (Lipinski definition) is 5. The Morgan fingerprint density at radius 2 is 2.00 bits per heavy atom. The number of rotatable bonds is 6. The molecule has 0 aliphatic carbocycles. The van der Waals surface area contributed by atoms with E-state index in [1.807, 2.05) is 4.90 Å². The van der Waals surface area contributed by atoms with Crippen LogP contribution in [0.1, 0.15) is 48.3 Å². The molecule has 7 nitrogen and oxygen atoms in total. The first-order valence-corrected chi connectivity index (χ1v) is 10.3. The smallest absolute Gasteiger partial charge is 0.265 e. The minimum atomic E-state index is -2.64. The van der Waals surface area contributed by atoms with Crippen LogP contribution in [0.4, 0.5) is 20.4 Å². The van der Waals surface area contributed by atoms with E-state index in [4.69, 9.17) is 11.6 Å². The average molecular weight is 452 g/mol. The summed E-state index contributed by atoms with van der Waals surface area (Å²) in [6, 6.07) is 4.24. The van der Waals surface area contributed by atoms with Crippen molar-refractivity contribution in [3.63, 3.8) is 0 Å². The van der Waals surface area contributed by atoms with Gasteiger partial charge in [-0.2, -0.15) is 0 Å². The topological polar surface area (TPSA) is 87.2 Å². The summed E-state index contributed by atoms with van der Waals surface area (Å²) in [6.07, 6.45) is -0.866. The van der Waals surface area contributed by atoms with E-state index in [1.54, 1.807) is 26.8 Å². The molecule has 0 aromatic carbocycles. The third kappa shape index (κ3) is 5.66. The molecule has 1 unspecified atom stereocenters. The molecular formula is C21H24ClF2N5O2. The highest BCUT2D eigenvalue weighted by Crippen LogP contribution is 2.30. The number of carbonyl (C=O) groups excluding carboxylic acids is 2. The van der Waals surface area contributed by atoms with Gasteiger partial charge in [-0.25, -0.2) is 18.7 Å². The van der Waals surface area contributed by atoms with E-state index in [0.29, 0.717) is 42.4 Å². The maximum atomic E-state index is 12.8. The predicted molar refractivity (Wildman–Crippen MR) is 115 cm³/mol. The summed E-state index contributed by atoms with van der Waals surface area (Å²) in [4.78, 5) is 34.9. The standard InChI is InChI=1S/C21H24ClF2N5O2/c1-11(2)20(30)28-17-8-13(6-12(3)26-17)21(31)27-15-4-5-29(10-15)19-16(22)7-14(9-25-19)18(23)24/h6-9,11,15,18H,4-5,10H2,1-3H3,(H,27,31)(H,26,28,30). The van der Waals surface area contributed by atoms with Gasteiger partial charge in [0.05, 0.1) is 5.02 Å². The van der Waals surface area contributed by atoms with Crippen molar-refractivity contribution in [2.75, 3.05) is 23.3 Å². The number of aryl methyl sites for hydroxylation is 1. The monoisotopic (exact) mass is 451 g/mol. The van der Waals surface area contributed by atoms with Crippen LogP contribution in [0.2, 0.25) is 5.02 Å². The van der Waals surface area contributed by atoms with Crippen LogP contribution in [0.3, 0.4) is 0 Å². The van der Waals surface area contributed by atoms with E-state index in [2.05, 4.69) is 20.6 Å². The number of anilines is 2. The number of carbonyl (C=O) groups is 2. The molecule has 1 atom stereocenters. The van der Waals surface area contributed by atoms with Crippen molar-refractivity contribution in [3.05, 3.63) is 46.2 Å². The van der Waals surface area contributed by atoms with Crippen molar-refractivity contribution in [2.24, 2.45) is 5.92 Å². The zero-order chi connectivity index (χ0) is 22.7. The molecule has 2 N–H and O–H groups in total. The van der Waals surface area contributed by atoms with Crippen molar-refractivity contribution in [3.8, 4) is 0 Å². The molecule has 1 aliphatic rings. The Hall–Kier alpha value is -2.81. The normalized spacial score (nSPS) is 16.1. The van der Waals surface area contributed by atoms with Crippen molar-refractivity contribution in [2.45, 2.75) is 39.7 Å². The molecule has 2 aromatic rings. The lowest BCUT2D eigenvalue weighted by molar-refractivity contribution is -0.118. The van der Waals surface area contributed by atoms with Gasteiger partial charge >= 0.3 is 0 Å². The van der Waals surface area contributed by atoms with Crippen molar-refractivity contribution in [1.29, 1.82) is 0 Å². The van der Waals surface area contributed by atoms with Crippen LogP contribution in [-0.2, 0) is 4.79 Å². The van der Waals surface area contributed by atoms with Gasteiger partial charge in [0.25, 0.3) is 12.3 Å². The van der Waals surface area contributed by atoms with Crippen molar-refractivity contribution >= 4 is 35.1 Å². The van der Waals surface area contributed by atoms with E-state index in [1.165, 1.54) is 12.1 Å². The maximum Gasteiger partial charge on any atom is 0.265 e. The van der Waals surface area contributed by atoms with E-state index < -0.39 is 6.43 Å². The largest absolute Gasteiger partial charge is 0.353 e. The lowest BCUT2D eigenvalue weighted by Gasteiger charge is -2.19. The lowest BCUT2D eigenvalue weighted by Crippen LogP contribution is -2.37. The quantitative estimate of drug-likeness (QED) is 0.693. The Kier molecular flexibility index (Phi) is 7.04. The minimum absolute atomic E-state index is 0.153. The second-order valence-corrected chi connectivity index (χ2v) is 8.21. The molecule has 2 aromatic heterocycles. The second kappa shape index (κ2) is 9.55. The highest BCUT2D eigenvalue weighted by Gasteiger charge is 2.27. The lowest BCUT2D eigenvalue weighted by atomic mass is 10.1. The minimum Gasteiger partial charge on any atom is -0.353 e. The zero-order valence-electron chi connectivity index (χ0n) is 17.5. The Morgan fingerprint density at radius 1 is 1.26 bits per heavy atom. The van der Waals surface area contributed by atoms with Crippen molar-refractivity contribution < 1.29 is 18.4 Å². The molecule has 31 heavy (non-hydrogen) atoms. The van der Waals surface area contributed by atoms with Gasteiger partial charge in [0, 0.05) is 48.1 Å². The van der Waals surface area contributed by atoms with Crippen LogP contribution in [0.25, 0.3) is 0 Å². The summed E-state index contributed by atoms with van der Waals surface area (Å²) in [6.45, 7) is 6.32. The number of nitrogens with zero attached hydrogens (tertiary/aromatic N) is 3. The van der Waals surface area contributed by atoms with Crippen LogP contribution in [0, 0.1) is 12.8 Å². The predicted octanol–water partition coefficient (Wildman–Crippen LogP) is 3.98. The van der Waals surface area contributed by atoms with E-state index >= 15 is 0 Å². The number of aromatic nitrogens is 2. The Bertz CT molecular complexity index is 986. The first-order valence-electron chi connectivity index (χ1n) is 9.93. The summed E-state index contributed by atoms with van der Waals surface area (Å²) >= 11 is 6.14. The first-order chi connectivity index (χ1) is 14.6. The van der Waals surface area contributed by atoms with Gasteiger partial charge in [-0.15, -0.1) is 0 Å². The van der Waals surface area contributed by atoms with Crippen molar-refractivity contribution in [1.82, 2.24) is 15.3 Å². The van der Waals surface area contributed by atoms with Gasteiger partial charge < -0.3 is 15.5 Å². The van der Waals surface area contributed by atoms with Crippen LogP contribution in [-0.4, -0.2) is 40.9 Å². The number of pyridine rings is 2. The van der Waals surface area contributed by atoms with Gasteiger partial charge in [0.2, 0.25) is 5.91 Å². The molecule has 0 bridgehead atoms. The Labute approximate surface area is 184 Å². The fourth-order valence-electron chi connectivity index (χ4n) is 3.27. The Balaban J connectivity index is 1.66. The molecule has 3 rings (SSSR count). The molecule has 166 valence electrons. The first kappa shape index (κ1) is 22.9. The molecule has 10 heteroatoms. The SMILES string of the molecule is Cc1cc(C(=O)NC2CCN(c3ncc(C(F)F)cc3Cl)C2)cc(NC(=O)C(C)C)n1. The number of alkyl halides is 2. The molecule has 0 radical (unpaired) electrons. The van der Waals surface area contributed by atoms with Crippen LogP contribution < -0.4 is 15.5 Å². The molecule has 1 fully saturated rings. The Morgan fingerprint density at radius 3 is 2.65 bits per heavy atom. The van der Waals surface area contributed by atoms with Gasteiger partial charge in [0.15, 0.2) is 0 Å². The van der Waals surface area contributed by atoms with Gasteiger partial charge in [-0.05, 0) is 31.5 Å². The second-order valence-electron chi connectivity index (χ2n) is 7.81. The third-order valence-electron chi connectivity index (χ3n) is 4.91. The van der Waals surface area contributed by atoms with E-state index in [0.717, 1.165) is 6.20 Å². The summed E-state index contributed by atoms with van der Waals surface area (Å²) in [5.41, 5.74) is 0.767. The molecule has 2 amide bonds. The zero-order valence-corrected chi connectivity index (χ0v) is 18.2. The van der Waals surface area contributed by atoms with E-state index in [9.17, 15) is 18.4 Å². The van der Waals surface area contributed by atoms with Crippen LogP contribution in [0.5, 0.6) is 0 Å². The van der Waals surface area contributed by atoms with Crippen LogP contribution >= 0.6 is 11.6 Å². The molecule has 1 saturated heterocycles. The molecular weight excluding hydrogens is 428 g/mol. The fourth-order valence-corrected chi connectivity index (χ4v) is 3.57. The molecule has 1 aliphatic heterocycles. The van der Waals surface area contributed by atoms with Gasteiger partial charge in [0.1, 0.15) is 11.6 Å².